The van der Waals surface area contributed by atoms with Crippen LogP contribution in [0.2, 0.25) is 0 Å². The van der Waals surface area contributed by atoms with E-state index in [1.54, 1.807) is 0 Å². The molecule has 1 aliphatic rings. The molecule has 110 valence electrons. The van der Waals surface area contributed by atoms with E-state index in [4.69, 9.17) is 0 Å². The van der Waals surface area contributed by atoms with Gasteiger partial charge in [0.15, 0.2) is 0 Å². The molecule has 0 spiro atoms. The molecule has 0 bridgehead atoms. The van der Waals surface area contributed by atoms with Gasteiger partial charge in [-0.15, -0.1) is 0 Å². The summed E-state index contributed by atoms with van der Waals surface area (Å²) < 4.78 is 0. The Balaban J connectivity index is 2.14. The number of aryl methyl sites for hydroxylation is 1. The second-order valence-electron chi connectivity index (χ2n) is 7.38. The van der Waals surface area contributed by atoms with Crippen molar-refractivity contribution < 1.29 is 4.79 Å². The second kappa shape index (κ2) is 4.91. The molecule has 1 aliphatic carbocycles. The van der Waals surface area contributed by atoms with Crippen LogP contribution in [0, 0.1) is 23.7 Å². The molecule has 0 saturated heterocycles. The standard InChI is InChI=1S/C18H27NO/c1-7-14-17(3,4)16(18(14,5)6)19-15(20)13-10-8-12(2)9-11-13/h8-11,14,16H,7H2,1-6H3,(H,19,20)/t14-,16-. The van der Waals surface area contributed by atoms with E-state index in [1.165, 1.54) is 5.56 Å². The molecule has 2 nitrogen and oxygen atoms in total. The number of carbonyl (C=O) groups is 1. The van der Waals surface area contributed by atoms with E-state index < -0.39 is 0 Å². The van der Waals surface area contributed by atoms with E-state index in [0.29, 0.717) is 5.92 Å². The molecule has 1 amide bonds. The molecular weight excluding hydrogens is 246 g/mol. The number of hydrogen-bond acceptors (Lipinski definition) is 1. The lowest BCUT2D eigenvalue weighted by molar-refractivity contribution is -0.123. The van der Waals surface area contributed by atoms with Gasteiger partial charge in [0, 0.05) is 11.6 Å². The third-order valence-electron chi connectivity index (χ3n) is 5.28. The number of amides is 1. The van der Waals surface area contributed by atoms with Crippen LogP contribution in [-0.4, -0.2) is 11.9 Å². The summed E-state index contributed by atoms with van der Waals surface area (Å²) in [7, 11) is 0. The molecule has 1 aromatic carbocycles. The maximum atomic E-state index is 12.4. The fourth-order valence-corrected chi connectivity index (χ4v) is 4.57. The van der Waals surface area contributed by atoms with Crippen LogP contribution in [0.25, 0.3) is 0 Å². The van der Waals surface area contributed by atoms with E-state index in [-0.39, 0.29) is 22.8 Å². The number of rotatable bonds is 3. The lowest BCUT2D eigenvalue weighted by Crippen LogP contribution is -2.69. The van der Waals surface area contributed by atoms with Crippen molar-refractivity contribution in [2.24, 2.45) is 16.7 Å². The van der Waals surface area contributed by atoms with Crippen molar-refractivity contribution in [2.75, 3.05) is 0 Å². The first kappa shape index (κ1) is 15.1. The van der Waals surface area contributed by atoms with Gasteiger partial charge in [0.25, 0.3) is 5.91 Å². The summed E-state index contributed by atoms with van der Waals surface area (Å²) in [5, 5.41) is 3.26. The van der Waals surface area contributed by atoms with Crippen LogP contribution in [0.15, 0.2) is 24.3 Å². The zero-order chi connectivity index (χ0) is 15.1. The van der Waals surface area contributed by atoms with Gasteiger partial charge in [-0.3, -0.25) is 4.79 Å². The summed E-state index contributed by atoms with van der Waals surface area (Å²) in [6, 6.07) is 8.01. The summed E-state index contributed by atoms with van der Waals surface area (Å²) in [4.78, 5) is 12.4. The summed E-state index contributed by atoms with van der Waals surface area (Å²) in [5.41, 5.74) is 2.26. The van der Waals surface area contributed by atoms with Crippen LogP contribution in [0.4, 0.5) is 0 Å². The Kier molecular flexibility index (Phi) is 3.70. The van der Waals surface area contributed by atoms with Gasteiger partial charge in [-0.2, -0.15) is 0 Å². The van der Waals surface area contributed by atoms with E-state index in [0.717, 1.165) is 12.0 Å². The van der Waals surface area contributed by atoms with E-state index in [2.05, 4.69) is 39.9 Å². The topological polar surface area (TPSA) is 29.1 Å². The number of hydrogen-bond donors (Lipinski definition) is 1. The first-order valence-electron chi connectivity index (χ1n) is 7.58. The molecule has 0 heterocycles. The molecule has 0 unspecified atom stereocenters. The Morgan fingerprint density at radius 2 is 1.60 bits per heavy atom. The Morgan fingerprint density at radius 1 is 1.10 bits per heavy atom. The molecule has 1 aromatic rings. The van der Waals surface area contributed by atoms with Crippen LogP contribution in [0.1, 0.15) is 57.0 Å². The van der Waals surface area contributed by atoms with Crippen molar-refractivity contribution in [1.29, 1.82) is 0 Å². The second-order valence-corrected chi connectivity index (χ2v) is 7.38. The van der Waals surface area contributed by atoms with Gasteiger partial charge in [-0.25, -0.2) is 0 Å². The van der Waals surface area contributed by atoms with E-state index >= 15 is 0 Å². The maximum absolute atomic E-state index is 12.4. The SMILES string of the molecule is CC[C@H]1C(C)(C)[C@H](NC(=O)c2ccc(C)cc2)C1(C)C. The molecule has 2 rings (SSSR count). The van der Waals surface area contributed by atoms with Crippen molar-refractivity contribution in [1.82, 2.24) is 5.32 Å². The van der Waals surface area contributed by atoms with Gasteiger partial charge in [0.1, 0.15) is 0 Å². The molecule has 0 radical (unpaired) electrons. The highest BCUT2D eigenvalue weighted by molar-refractivity contribution is 5.94. The number of carbonyl (C=O) groups excluding carboxylic acids is 1. The average Bonchev–Trinajstić information content (AvgIpc) is 2.36. The zero-order valence-electron chi connectivity index (χ0n) is 13.6. The molecule has 2 heteroatoms. The lowest BCUT2D eigenvalue weighted by Gasteiger charge is -2.64. The maximum Gasteiger partial charge on any atom is 0.251 e. The fourth-order valence-electron chi connectivity index (χ4n) is 4.57. The van der Waals surface area contributed by atoms with Gasteiger partial charge in [0.2, 0.25) is 0 Å². The molecular formula is C18H27NO. The average molecular weight is 273 g/mol. The van der Waals surface area contributed by atoms with E-state index in [1.807, 2.05) is 31.2 Å². The third-order valence-corrected chi connectivity index (χ3v) is 5.28. The van der Waals surface area contributed by atoms with Crippen molar-refractivity contribution in [2.45, 2.75) is 54.0 Å². The van der Waals surface area contributed by atoms with E-state index in [9.17, 15) is 4.79 Å². The minimum Gasteiger partial charge on any atom is -0.348 e. The first-order valence-corrected chi connectivity index (χ1v) is 7.58. The van der Waals surface area contributed by atoms with Crippen LogP contribution in [0.5, 0.6) is 0 Å². The highest BCUT2D eigenvalue weighted by Gasteiger charge is 2.60. The Bertz CT molecular complexity index is 483. The van der Waals surface area contributed by atoms with Gasteiger partial charge in [-0.1, -0.05) is 58.7 Å². The normalized spacial score (nSPS) is 26.7. The third kappa shape index (κ3) is 2.25. The van der Waals surface area contributed by atoms with Gasteiger partial charge in [0.05, 0.1) is 0 Å². The highest BCUT2D eigenvalue weighted by atomic mass is 16.1. The van der Waals surface area contributed by atoms with Crippen molar-refractivity contribution in [3.05, 3.63) is 35.4 Å². The smallest absolute Gasteiger partial charge is 0.251 e. The molecule has 0 atom stereocenters. The van der Waals surface area contributed by atoms with Crippen molar-refractivity contribution >= 4 is 5.91 Å². The summed E-state index contributed by atoms with van der Waals surface area (Å²) in [6.45, 7) is 13.4. The molecule has 20 heavy (non-hydrogen) atoms. The van der Waals surface area contributed by atoms with Gasteiger partial charge >= 0.3 is 0 Å². The van der Waals surface area contributed by atoms with Crippen LogP contribution < -0.4 is 5.32 Å². The Labute approximate surface area is 123 Å². The summed E-state index contributed by atoms with van der Waals surface area (Å²) in [6.07, 6.45) is 1.16. The number of nitrogens with one attached hydrogen (secondary N) is 1. The van der Waals surface area contributed by atoms with Crippen LogP contribution in [0.3, 0.4) is 0 Å². The molecule has 1 saturated carbocycles. The van der Waals surface area contributed by atoms with Gasteiger partial charge in [-0.05, 0) is 35.8 Å². The zero-order valence-corrected chi connectivity index (χ0v) is 13.6. The predicted octanol–water partition coefficient (Wildman–Crippen LogP) is 4.19. The minimum absolute atomic E-state index is 0.0469. The fraction of sp³-hybridized carbons (Fsp3) is 0.611. The quantitative estimate of drug-likeness (QED) is 0.879. The van der Waals surface area contributed by atoms with Crippen molar-refractivity contribution in [3.8, 4) is 0 Å². The number of benzene rings is 1. The molecule has 0 aromatic heterocycles. The monoisotopic (exact) mass is 273 g/mol. The molecule has 1 N–H and O–H groups in total. The Hall–Kier alpha value is -1.31. The largest absolute Gasteiger partial charge is 0.348 e. The highest BCUT2D eigenvalue weighted by Crippen LogP contribution is 2.60. The first-order chi connectivity index (χ1) is 9.21. The summed E-state index contributed by atoms with van der Waals surface area (Å²) >= 11 is 0. The summed E-state index contributed by atoms with van der Waals surface area (Å²) in [5.74, 6) is 0.698. The predicted molar refractivity (Wildman–Crippen MR) is 83.8 cm³/mol. The molecule has 0 aliphatic heterocycles. The van der Waals surface area contributed by atoms with Crippen LogP contribution in [-0.2, 0) is 0 Å². The Morgan fingerprint density at radius 3 is 2.05 bits per heavy atom. The molecule has 1 fully saturated rings. The minimum atomic E-state index is 0.0469. The van der Waals surface area contributed by atoms with Crippen LogP contribution >= 0.6 is 0 Å². The van der Waals surface area contributed by atoms with Gasteiger partial charge < -0.3 is 5.32 Å². The van der Waals surface area contributed by atoms with Crippen molar-refractivity contribution in [3.63, 3.8) is 0 Å². The lowest BCUT2D eigenvalue weighted by atomic mass is 9.44.